The van der Waals surface area contributed by atoms with E-state index in [0.29, 0.717) is 11.3 Å². The summed E-state index contributed by atoms with van der Waals surface area (Å²) in [6, 6.07) is 7.66. The molecule has 4 nitrogen and oxygen atoms in total. The van der Waals surface area contributed by atoms with Crippen LogP contribution in [0.2, 0.25) is 19.6 Å². The summed E-state index contributed by atoms with van der Waals surface area (Å²) in [6.07, 6.45) is 3.60. The Morgan fingerprint density at radius 3 is 2.71 bits per heavy atom. The molecule has 1 aliphatic rings. The van der Waals surface area contributed by atoms with Crippen LogP contribution in [0.15, 0.2) is 30.5 Å². The number of aromatic nitrogens is 1. The molecule has 1 aliphatic heterocycles. The first-order valence-electron chi connectivity index (χ1n) is 7.79. The number of ether oxygens (including phenoxy) is 1. The zero-order valence-corrected chi connectivity index (χ0v) is 15.3. The number of fused-ring (bicyclic) bond motifs is 1. The van der Waals surface area contributed by atoms with Crippen molar-refractivity contribution in [2.24, 2.45) is 0 Å². The van der Waals surface area contributed by atoms with Gasteiger partial charge in [-0.25, -0.2) is 0 Å². The van der Waals surface area contributed by atoms with E-state index in [1.807, 2.05) is 30.3 Å². The van der Waals surface area contributed by atoms with Gasteiger partial charge in [-0.1, -0.05) is 25.6 Å². The average Bonchev–Trinajstić information content (AvgIpc) is 3.09. The van der Waals surface area contributed by atoms with Crippen LogP contribution >= 0.6 is 0 Å². The molecule has 1 amide bonds. The van der Waals surface area contributed by atoms with Gasteiger partial charge in [-0.05, 0) is 30.3 Å². The molecule has 5 heteroatoms. The molecule has 0 unspecified atom stereocenters. The van der Waals surface area contributed by atoms with E-state index in [0.717, 1.165) is 22.5 Å². The van der Waals surface area contributed by atoms with E-state index in [-0.39, 0.29) is 5.91 Å². The van der Waals surface area contributed by atoms with Crippen molar-refractivity contribution in [1.29, 1.82) is 0 Å². The summed E-state index contributed by atoms with van der Waals surface area (Å²) in [5.41, 5.74) is 7.36. The van der Waals surface area contributed by atoms with Gasteiger partial charge in [0.25, 0.3) is 5.91 Å². The molecule has 0 bridgehead atoms. The molecule has 2 heterocycles. The van der Waals surface area contributed by atoms with Crippen LogP contribution in [0, 0.1) is 11.5 Å². The van der Waals surface area contributed by atoms with E-state index in [9.17, 15) is 4.79 Å². The Labute approximate surface area is 142 Å². The molecule has 2 aromatic rings. The zero-order chi connectivity index (χ0) is 17.3. The molecule has 3 rings (SSSR count). The Bertz CT molecular complexity index is 892. The molecule has 1 aromatic heterocycles. The molecular weight excluding hydrogens is 316 g/mol. The van der Waals surface area contributed by atoms with Crippen LogP contribution < -0.4 is 10.1 Å². The van der Waals surface area contributed by atoms with Crippen molar-refractivity contribution in [3.05, 3.63) is 47.3 Å². The number of nitrogens with one attached hydrogen (secondary N) is 2. The molecule has 2 N–H and O–H groups in total. The van der Waals surface area contributed by atoms with Crippen LogP contribution in [0.3, 0.4) is 0 Å². The first-order valence-corrected chi connectivity index (χ1v) is 11.3. The molecule has 122 valence electrons. The van der Waals surface area contributed by atoms with Crippen molar-refractivity contribution >= 4 is 31.3 Å². The van der Waals surface area contributed by atoms with Gasteiger partial charge in [0.05, 0.1) is 18.4 Å². The zero-order valence-electron chi connectivity index (χ0n) is 14.3. The third kappa shape index (κ3) is 3.29. The summed E-state index contributed by atoms with van der Waals surface area (Å²) in [6.45, 7) is 6.63. The molecule has 0 saturated carbocycles. The standard InChI is InChI=1S/C19H20N2O2Si/c1-23-18-7-9-20-17(18)12-15-14-11-13(8-10-24(2,3)4)5-6-16(14)21-19(15)22/h5-7,9,11-12,20H,1-4H3,(H,21,22)/b15-12-. The lowest BCUT2D eigenvalue weighted by Gasteiger charge is -2.04. The minimum absolute atomic E-state index is 0.114. The average molecular weight is 336 g/mol. The maximum Gasteiger partial charge on any atom is 0.256 e. The normalized spacial score (nSPS) is 14.8. The van der Waals surface area contributed by atoms with Gasteiger partial charge in [0.15, 0.2) is 0 Å². The number of hydrogen-bond acceptors (Lipinski definition) is 2. The monoisotopic (exact) mass is 336 g/mol. The maximum atomic E-state index is 12.3. The van der Waals surface area contributed by atoms with Crippen LogP contribution in [0.5, 0.6) is 5.75 Å². The van der Waals surface area contributed by atoms with Crippen molar-refractivity contribution < 1.29 is 9.53 Å². The van der Waals surface area contributed by atoms with Crippen LogP contribution in [0.4, 0.5) is 5.69 Å². The number of H-pyrrole nitrogens is 1. The fraction of sp³-hybridized carbons (Fsp3) is 0.211. The lowest BCUT2D eigenvalue weighted by molar-refractivity contribution is -0.110. The molecule has 1 aromatic carbocycles. The quantitative estimate of drug-likeness (QED) is 0.499. The second-order valence-electron chi connectivity index (χ2n) is 6.73. The number of aromatic amines is 1. The van der Waals surface area contributed by atoms with Crippen LogP contribution in [-0.2, 0) is 4.79 Å². The number of amides is 1. The lowest BCUT2D eigenvalue weighted by Crippen LogP contribution is -2.16. The summed E-state index contributed by atoms with van der Waals surface area (Å²) in [5, 5.41) is 2.90. The fourth-order valence-electron chi connectivity index (χ4n) is 2.47. The highest BCUT2D eigenvalue weighted by molar-refractivity contribution is 6.83. The topological polar surface area (TPSA) is 54.1 Å². The number of methoxy groups -OCH3 is 1. The summed E-state index contributed by atoms with van der Waals surface area (Å²) in [5.74, 6) is 3.84. The molecule has 0 radical (unpaired) electrons. The van der Waals surface area contributed by atoms with Crippen molar-refractivity contribution in [2.75, 3.05) is 12.4 Å². The minimum Gasteiger partial charge on any atom is -0.495 e. The predicted octanol–water partition coefficient (Wildman–Crippen LogP) is 3.74. The van der Waals surface area contributed by atoms with E-state index in [1.165, 1.54) is 0 Å². The maximum absolute atomic E-state index is 12.3. The number of hydrogen-bond donors (Lipinski definition) is 2. The highest BCUT2D eigenvalue weighted by atomic mass is 28.3. The molecular formula is C19H20N2O2Si. The third-order valence-electron chi connectivity index (χ3n) is 3.63. The van der Waals surface area contributed by atoms with Gasteiger partial charge in [-0.2, -0.15) is 0 Å². The first-order chi connectivity index (χ1) is 11.4. The van der Waals surface area contributed by atoms with Crippen LogP contribution in [-0.4, -0.2) is 26.1 Å². The Hall–Kier alpha value is -2.71. The van der Waals surface area contributed by atoms with Crippen molar-refractivity contribution in [2.45, 2.75) is 19.6 Å². The van der Waals surface area contributed by atoms with Crippen LogP contribution in [0.1, 0.15) is 16.8 Å². The van der Waals surface area contributed by atoms with Crippen LogP contribution in [0.25, 0.3) is 11.6 Å². The van der Waals surface area contributed by atoms with Gasteiger partial charge in [0.2, 0.25) is 0 Å². The van der Waals surface area contributed by atoms with E-state index >= 15 is 0 Å². The van der Waals surface area contributed by atoms with Gasteiger partial charge < -0.3 is 15.0 Å². The molecule has 0 fully saturated rings. The Morgan fingerprint density at radius 1 is 1.21 bits per heavy atom. The number of benzene rings is 1. The molecule has 0 saturated heterocycles. The highest BCUT2D eigenvalue weighted by Gasteiger charge is 2.24. The molecule has 0 aliphatic carbocycles. The van der Waals surface area contributed by atoms with Crippen molar-refractivity contribution in [1.82, 2.24) is 4.98 Å². The number of carbonyl (C=O) groups excluding carboxylic acids is 1. The predicted molar refractivity (Wildman–Crippen MR) is 101 cm³/mol. The second kappa shape index (κ2) is 6.06. The van der Waals surface area contributed by atoms with Gasteiger partial charge in [-0.3, -0.25) is 4.79 Å². The first kappa shape index (κ1) is 16.2. The molecule has 0 atom stereocenters. The molecule has 0 spiro atoms. The smallest absolute Gasteiger partial charge is 0.256 e. The Balaban J connectivity index is 2.04. The SMILES string of the molecule is COc1cc[nH]c1/C=C1\C(=O)Nc2ccc(C#C[Si](C)(C)C)cc21. The van der Waals surface area contributed by atoms with Gasteiger partial charge in [0.1, 0.15) is 13.8 Å². The Kier molecular flexibility index (Phi) is 4.08. The summed E-state index contributed by atoms with van der Waals surface area (Å²) >= 11 is 0. The van der Waals surface area contributed by atoms with E-state index < -0.39 is 8.07 Å². The minimum atomic E-state index is -1.44. The van der Waals surface area contributed by atoms with Gasteiger partial charge in [-0.15, -0.1) is 5.54 Å². The number of carbonyl (C=O) groups is 1. The highest BCUT2D eigenvalue weighted by Crippen LogP contribution is 2.34. The van der Waals surface area contributed by atoms with Crippen molar-refractivity contribution in [3.8, 4) is 17.2 Å². The molecule has 24 heavy (non-hydrogen) atoms. The fourth-order valence-corrected chi connectivity index (χ4v) is 2.99. The van der Waals surface area contributed by atoms with Crippen molar-refractivity contribution in [3.63, 3.8) is 0 Å². The van der Waals surface area contributed by atoms with E-state index in [2.05, 4.69) is 41.4 Å². The summed E-state index contributed by atoms with van der Waals surface area (Å²) in [4.78, 5) is 15.4. The second-order valence-corrected chi connectivity index (χ2v) is 11.5. The van der Waals surface area contributed by atoms with E-state index in [1.54, 1.807) is 13.3 Å². The Morgan fingerprint density at radius 2 is 2.00 bits per heavy atom. The number of rotatable bonds is 2. The summed E-state index contributed by atoms with van der Waals surface area (Å²) < 4.78 is 5.29. The third-order valence-corrected chi connectivity index (χ3v) is 4.51. The summed E-state index contributed by atoms with van der Waals surface area (Å²) in [7, 11) is 0.169. The lowest BCUT2D eigenvalue weighted by atomic mass is 10.0. The van der Waals surface area contributed by atoms with Gasteiger partial charge >= 0.3 is 0 Å². The van der Waals surface area contributed by atoms with Gasteiger partial charge in [0, 0.05) is 23.0 Å². The van der Waals surface area contributed by atoms with E-state index in [4.69, 9.17) is 4.74 Å². The number of anilines is 1. The largest absolute Gasteiger partial charge is 0.495 e.